The normalized spacial score (nSPS) is 16.6. The quantitative estimate of drug-likeness (QED) is 0.920. The molecule has 2 aromatic heterocycles. The molecule has 1 unspecified atom stereocenters. The predicted octanol–water partition coefficient (Wildman–Crippen LogP) is 3.16. The molecule has 20 heavy (non-hydrogen) atoms. The number of aliphatic hydroxyl groups is 1. The van der Waals surface area contributed by atoms with Gasteiger partial charge in [0.1, 0.15) is 0 Å². The molecule has 0 aliphatic heterocycles. The first-order chi connectivity index (χ1) is 9.60. The molecule has 0 amide bonds. The number of aromatic nitrogens is 3. The number of hydrogen-bond donors (Lipinski definition) is 1. The van der Waals surface area contributed by atoms with Crippen LogP contribution in [0.5, 0.6) is 0 Å². The molecule has 0 saturated heterocycles. The van der Waals surface area contributed by atoms with Crippen molar-refractivity contribution in [2.24, 2.45) is 5.92 Å². The molecule has 108 valence electrons. The second-order valence-corrected chi connectivity index (χ2v) is 5.94. The van der Waals surface area contributed by atoms with Gasteiger partial charge in [-0.25, -0.2) is 0 Å². The van der Waals surface area contributed by atoms with Crippen molar-refractivity contribution in [3.8, 4) is 0 Å². The molecule has 4 nitrogen and oxygen atoms in total. The van der Waals surface area contributed by atoms with Crippen LogP contribution in [0.25, 0.3) is 0 Å². The fourth-order valence-corrected chi connectivity index (χ4v) is 2.80. The van der Waals surface area contributed by atoms with Crippen molar-refractivity contribution in [3.05, 3.63) is 40.4 Å². The molecule has 1 fully saturated rings. The Morgan fingerprint density at radius 1 is 1.50 bits per heavy atom. The van der Waals surface area contributed by atoms with Crippen LogP contribution in [0.1, 0.15) is 42.8 Å². The first kappa shape index (κ1) is 13.7. The highest BCUT2D eigenvalue weighted by Gasteiger charge is 2.31. The van der Waals surface area contributed by atoms with E-state index in [0.29, 0.717) is 12.5 Å². The molecule has 1 aliphatic rings. The monoisotopic (exact) mass is 293 g/mol. The predicted molar refractivity (Wildman–Crippen MR) is 78.9 cm³/mol. The van der Waals surface area contributed by atoms with Crippen molar-refractivity contribution >= 4 is 11.6 Å². The molecule has 0 aromatic carbocycles. The van der Waals surface area contributed by atoms with Crippen molar-refractivity contribution < 1.29 is 5.11 Å². The summed E-state index contributed by atoms with van der Waals surface area (Å²) >= 11 is 6.33. The molecule has 1 aliphatic carbocycles. The van der Waals surface area contributed by atoms with Gasteiger partial charge < -0.3 is 9.67 Å². The third-order valence-corrected chi connectivity index (χ3v) is 4.46. The average molecular weight is 294 g/mol. The van der Waals surface area contributed by atoms with E-state index in [1.165, 1.54) is 0 Å². The summed E-state index contributed by atoms with van der Waals surface area (Å²) < 4.78 is 4.00. The Hall–Kier alpha value is -1.26. The second kappa shape index (κ2) is 5.26. The molecule has 0 bridgehead atoms. The van der Waals surface area contributed by atoms with Gasteiger partial charge in [-0.3, -0.25) is 4.68 Å². The van der Waals surface area contributed by atoms with E-state index in [9.17, 15) is 5.11 Å². The zero-order valence-electron chi connectivity index (χ0n) is 11.9. The van der Waals surface area contributed by atoms with E-state index >= 15 is 0 Å². The molecule has 0 spiro atoms. The molecule has 0 radical (unpaired) electrons. The lowest BCUT2D eigenvalue weighted by molar-refractivity contribution is 0.154. The number of nitrogens with zero attached hydrogens (tertiary/aromatic N) is 3. The Morgan fingerprint density at radius 2 is 2.25 bits per heavy atom. The highest BCUT2D eigenvalue weighted by molar-refractivity contribution is 6.31. The highest BCUT2D eigenvalue weighted by Crippen LogP contribution is 2.40. The van der Waals surface area contributed by atoms with Gasteiger partial charge in [-0.15, -0.1) is 0 Å². The van der Waals surface area contributed by atoms with Crippen molar-refractivity contribution in [3.63, 3.8) is 0 Å². The number of aryl methyl sites for hydroxylation is 2. The number of aliphatic hydroxyl groups excluding tert-OH is 1. The molecule has 1 atom stereocenters. The topological polar surface area (TPSA) is 43.0 Å². The van der Waals surface area contributed by atoms with Gasteiger partial charge in [0, 0.05) is 18.9 Å². The minimum Gasteiger partial charge on any atom is -0.388 e. The SMILES string of the molecule is CCn1nc(C)c(Cl)c1Cn1ccc(C(O)C2CC2)c1. The van der Waals surface area contributed by atoms with Gasteiger partial charge in [0.15, 0.2) is 0 Å². The molecule has 2 aromatic rings. The van der Waals surface area contributed by atoms with Gasteiger partial charge in [0.2, 0.25) is 0 Å². The van der Waals surface area contributed by atoms with Gasteiger partial charge in [-0.05, 0) is 44.2 Å². The third-order valence-electron chi connectivity index (χ3n) is 3.97. The summed E-state index contributed by atoms with van der Waals surface area (Å²) in [7, 11) is 0. The van der Waals surface area contributed by atoms with Gasteiger partial charge in [-0.2, -0.15) is 5.10 Å². The third kappa shape index (κ3) is 2.50. The Balaban J connectivity index is 1.81. The van der Waals surface area contributed by atoms with Crippen LogP contribution in [0.4, 0.5) is 0 Å². The van der Waals surface area contributed by atoms with Gasteiger partial charge in [0.05, 0.1) is 29.1 Å². The molecule has 2 heterocycles. The fourth-order valence-electron chi connectivity index (χ4n) is 2.61. The van der Waals surface area contributed by atoms with Gasteiger partial charge in [-0.1, -0.05) is 11.6 Å². The van der Waals surface area contributed by atoms with Crippen molar-refractivity contribution in [2.45, 2.75) is 45.9 Å². The maximum Gasteiger partial charge on any atom is 0.0865 e. The van der Waals surface area contributed by atoms with Crippen LogP contribution >= 0.6 is 11.6 Å². The van der Waals surface area contributed by atoms with E-state index in [4.69, 9.17) is 11.6 Å². The fraction of sp³-hybridized carbons (Fsp3) is 0.533. The first-order valence-corrected chi connectivity index (χ1v) is 7.53. The van der Waals surface area contributed by atoms with Crippen LogP contribution in [0, 0.1) is 12.8 Å². The summed E-state index contributed by atoms with van der Waals surface area (Å²) in [5, 5.41) is 15.3. The van der Waals surface area contributed by atoms with E-state index in [2.05, 4.69) is 16.6 Å². The van der Waals surface area contributed by atoms with Crippen molar-refractivity contribution in [1.29, 1.82) is 0 Å². The first-order valence-electron chi connectivity index (χ1n) is 7.15. The van der Waals surface area contributed by atoms with E-state index in [-0.39, 0.29) is 6.10 Å². The van der Waals surface area contributed by atoms with Crippen molar-refractivity contribution in [2.75, 3.05) is 0 Å². The summed E-state index contributed by atoms with van der Waals surface area (Å²) in [5.74, 6) is 0.456. The molecule has 5 heteroatoms. The molecular formula is C15H20ClN3O. The minimum absolute atomic E-state index is 0.315. The zero-order chi connectivity index (χ0) is 14.3. The van der Waals surface area contributed by atoms with Crippen LogP contribution in [0.15, 0.2) is 18.5 Å². The summed E-state index contributed by atoms with van der Waals surface area (Å²) in [4.78, 5) is 0. The molecule has 3 rings (SSSR count). The Morgan fingerprint density at radius 3 is 2.90 bits per heavy atom. The summed E-state index contributed by atoms with van der Waals surface area (Å²) in [6.45, 7) is 5.48. The van der Waals surface area contributed by atoms with Crippen LogP contribution in [-0.2, 0) is 13.1 Å². The van der Waals surface area contributed by atoms with Crippen LogP contribution in [0.2, 0.25) is 5.02 Å². The molecule has 1 saturated carbocycles. The summed E-state index contributed by atoms with van der Waals surface area (Å²) in [6, 6.07) is 2.00. The van der Waals surface area contributed by atoms with Crippen molar-refractivity contribution in [1.82, 2.24) is 14.3 Å². The number of hydrogen-bond acceptors (Lipinski definition) is 2. The van der Waals surface area contributed by atoms with E-state index in [0.717, 1.165) is 41.4 Å². The maximum absolute atomic E-state index is 10.1. The second-order valence-electron chi connectivity index (χ2n) is 5.56. The largest absolute Gasteiger partial charge is 0.388 e. The highest BCUT2D eigenvalue weighted by atomic mass is 35.5. The summed E-state index contributed by atoms with van der Waals surface area (Å²) in [6.07, 6.45) is 5.98. The Kier molecular flexibility index (Phi) is 3.61. The standard InChI is InChI=1S/C15H20ClN3O/c1-3-19-13(14(16)10(2)17-19)9-18-7-6-12(8-18)15(20)11-4-5-11/h6-8,11,15,20H,3-5,9H2,1-2H3. The smallest absolute Gasteiger partial charge is 0.0865 e. The van der Waals surface area contributed by atoms with Crippen LogP contribution in [0.3, 0.4) is 0 Å². The maximum atomic E-state index is 10.1. The van der Waals surface area contributed by atoms with E-state index in [1.54, 1.807) is 0 Å². The lowest BCUT2D eigenvalue weighted by atomic mass is 10.1. The molecule has 1 N–H and O–H groups in total. The lowest BCUT2D eigenvalue weighted by Crippen LogP contribution is -2.07. The lowest BCUT2D eigenvalue weighted by Gasteiger charge is -2.08. The average Bonchev–Trinajstić information content (AvgIpc) is 3.13. The van der Waals surface area contributed by atoms with Crippen LogP contribution in [-0.4, -0.2) is 19.5 Å². The van der Waals surface area contributed by atoms with E-state index in [1.807, 2.05) is 30.1 Å². The number of halogens is 1. The van der Waals surface area contributed by atoms with Gasteiger partial charge in [0.25, 0.3) is 0 Å². The summed E-state index contributed by atoms with van der Waals surface area (Å²) in [5.41, 5.74) is 2.89. The number of rotatable bonds is 5. The molecular weight excluding hydrogens is 274 g/mol. The Labute approximate surface area is 124 Å². The Bertz CT molecular complexity index is 613. The minimum atomic E-state index is -0.315. The van der Waals surface area contributed by atoms with Crippen LogP contribution < -0.4 is 0 Å². The van der Waals surface area contributed by atoms with E-state index < -0.39 is 0 Å². The van der Waals surface area contributed by atoms with Gasteiger partial charge >= 0.3 is 0 Å². The zero-order valence-corrected chi connectivity index (χ0v) is 12.6.